The molecule has 0 radical (unpaired) electrons. The Hall–Kier alpha value is -3.51. The van der Waals surface area contributed by atoms with Crippen LogP contribution in [0.15, 0.2) is 30.3 Å². The van der Waals surface area contributed by atoms with Crippen molar-refractivity contribution >= 4 is 29.6 Å². The Labute approximate surface area is 178 Å². The summed E-state index contributed by atoms with van der Waals surface area (Å²) in [7, 11) is 0. The molecule has 170 valence electrons. The number of aliphatic hydroxyl groups excluding tert-OH is 1. The number of nitrogens with two attached hydrogens (primary N) is 2. The largest absolute Gasteiger partial charge is 0.480 e. The van der Waals surface area contributed by atoms with Gasteiger partial charge < -0.3 is 37.6 Å². The van der Waals surface area contributed by atoms with Crippen LogP contribution in [0, 0.1) is 0 Å². The van der Waals surface area contributed by atoms with Crippen LogP contribution < -0.4 is 27.4 Å². The molecule has 0 aliphatic rings. The SMILES string of the molecule is CC(N)C(=O)NC(CC(N)=O)C(=O)NC(Cc1ccccc1)C(=O)NC(CO)C(=O)O. The fourth-order valence-corrected chi connectivity index (χ4v) is 2.50. The second-order valence-electron chi connectivity index (χ2n) is 6.85. The molecule has 1 aromatic rings. The number of carbonyl (C=O) groups excluding carboxylic acids is 4. The summed E-state index contributed by atoms with van der Waals surface area (Å²) in [6, 6.07) is 3.32. The van der Waals surface area contributed by atoms with Gasteiger partial charge in [-0.3, -0.25) is 19.2 Å². The maximum absolute atomic E-state index is 12.7. The van der Waals surface area contributed by atoms with Gasteiger partial charge in [0.05, 0.1) is 19.1 Å². The van der Waals surface area contributed by atoms with E-state index >= 15 is 0 Å². The average molecular weight is 437 g/mol. The van der Waals surface area contributed by atoms with E-state index in [4.69, 9.17) is 21.7 Å². The van der Waals surface area contributed by atoms with E-state index < -0.39 is 66.8 Å². The maximum Gasteiger partial charge on any atom is 0.328 e. The maximum atomic E-state index is 12.7. The van der Waals surface area contributed by atoms with Gasteiger partial charge in [-0.15, -0.1) is 0 Å². The van der Waals surface area contributed by atoms with Crippen LogP contribution in [0.2, 0.25) is 0 Å². The van der Waals surface area contributed by atoms with Gasteiger partial charge in [-0.2, -0.15) is 0 Å². The zero-order valence-corrected chi connectivity index (χ0v) is 16.9. The molecule has 1 aromatic carbocycles. The van der Waals surface area contributed by atoms with Crippen molar-refractivity contribution in [3.63, 3.8) is 0 Å². The minimum absolute atomic E-state index is 0.0271. The van der Waals surface area contributed by atoms with E-state index in [2.05, 4.69) is 16.0 Å². The third-order valence-electron chi connectivity index (χ3n) is 4.16. The zero-order valence-electron chi connectivity index (χ0n) is 16.9. The molecule has 0 saturated heterocycles. The predicted octanol–water partition coefficient (Wildman–Crippen LogP) is -3.02. The van der Waals surface area contributed by atoms with Crippen LogP contribution in [0.5, 0.6) is 0 Å². The summed E-state index contributed by atoms with van der Waals surface area (Å²) in [5.41, 5.74) is 11.2. The van der Waals surface area contributed by atoms with Crippen molar-refractivity contribution in [3.05, 3.63) is 35.9 Å². The number of rotatable bonds is 12. The summed E-state index contributed by atoms with van der Waals surface area (Å²) < 4.78 is 0. The molecule has 4 atom stereocenters. The predicted molar refractivity (Wildman–Crippen MR) is 108 cm³/mol. The Morgan fingerprint density at radius 2 is 1.42 bits per heavy atom. The van der Waals surface area contributed by atoms with E-state index in [9.17, 15) is 24.0 Å². The van der Waals surface area contributed by atoms with Crippen LogP contribution in [0.4, 0.5) is 0 Å². The van der Waals surface area contributed by atoms with E-state index in [1.807, 2.05) is 0 Å². The molecule has 1 rings (SSSR count). The topological polar surface area (TPSA) is 214 Å². The minimum Gasteiger partial charge on any atom is -0.480 e. The standard InChI is InChI=1S/C19H27N5O7/c1-10(20)16(27)22-13(8-15(21)26)18(29)23-12(7-11-5-3-2-4-6-11)17(28)24-14(9-25)19(30)31/h2-6,10,12-14,25H,7-9,20H2,1H3,(H2,21,26)(H,22,27)(H,23,29)(H,24,28)(H,30,31). The number of aliphatic carboxylic acids is 1. The van der Waals surface area contributed by atoms with Crippen molar-refractivity contribution in [1.29, 1.82) is 0 Å². The molecule has 4 amide bonds. The molecule has 0 spiro atoms. The van der Waals surface area contributed by atoms with Gasteiger partial charge in [0.1, 0.15) is 18.1 Å². The third-order valence-corrected chi connectivity index (χ3v) is 4.16. The smallest absolute Gasteiger partial charge is 0.328 e. The number of hydrogen-bond donors (Lipinski definition) is 7. The van der Waals surface area contributed by atoms with Crippen LogP contribution >= 0.6 is 0 Å². The molecule has 0 aliphatic carbocycles. The van der Waals surface area contributed by atoms with Crippen molar-refractivity contribution in [2.24, 2.45) is 11.5 Å². The van der Waals surface area contributed by atoms with Crippen LogP contribution in [0.25, 0.3) is 0 Å². The number of amides is 4. The van der Waals surface area contributed by atoms with Crippen molar-refractivity contribution in [1.82, 2.24) is 16.0 Å². The molecule has 12 heteroatoms. The van der Waals surface area contributed by atoms with Gasteiger partial charge in [-0.25, -0.2) is 4.79 Å². The summed E-state index contributed by atoms with van der Waals surface area (Å²) in [5, 5.41) is 25.0. The fourth-order valence-electron chi connectivity index (χ4n) is 2.50. The van der Waals surface area contributed by atoms with Crippen molar-refractivity contribution in [3.8, 4) is 0 Å². The van der Waals surface area contributed by atoms with Crippen molar-refractivity contribution in [2.75, 3.05) is 6.61 Å². The molecule has 0 aromatic heterocycles. The highest BCUT2D eigenvalue weighted by molar-refractivity contribution is 5.96. The van der Waals surface area contributed by atoms with Gasteiger partial charge in [0, 0.05) is 6.42 Å². The zero-order chi connectivity index (χ0) is 23.6. The molecule has 9 N–H and O–H groups in total. The normalized spacial score (nSPS) is 14.4. The highest BCUT2D eigenvalue weighted by atomic mass is 16.4. The number of aliphatic hydroxyl groups is 1. The lowest BCUT2D eigenvalue weighted by atomic mass is 10.0. The molecule has 0 aliphatic heterocycles. The highest BCUT2D eigenvalue weighted by Gasteiger charge is 2.30. The van der Waals surface area contributed by atoms with Crippen LogP contribution in [-0.2, 0) is 30.4 Å². The number of carboxylic acid groups (broad SMARTS) is 1. The second-order valence-corrected chi connectivity index (χ2v) is 6.85. The van der Waals surface area contributed by atoms with Gasteiger partial charge >= 0.3 is 5.97 Å². The Balaban J connectivity index is 3.07. The number of nitrogens with one attached hydrogen (secondary N) is 3. The summed E-state index contributed by atoms with van der Waals surface area (Å²) in [4.78, 5) is 59.6. The van der Waals surface area contributed by atoms with E-state index in [1.165, 1.54) is 6.92 Å². The Bertz CT molecular complexity index is 800. The fraction of sp³-hybridized carbons (Fsp3) is 0.421. The molecule has 0 heterocycles. The summed E-state index contributed by atoms with van der Waals surface area (Å²) in [6.07, 6.45) is -0.570. The first-order chi connectivity index (χ1) is 14.5. The quantitative estimate of drug-likeness (QED) is 0.178. The van der Waals surface area contributed by atoms with Gasteiger partial charge in [0.2, 0.25) is 23.6 Å². The molecule has 31 heavy (non-hydrogen) atoms. The Morgan fingerprint density at radius 1 is 0.903 bits per heavy atom. The first kappa shape index (κ1) is 25.5. The monoisotopic (exact) mass is 437 g/mol. The summed E-state index contributed by atoms with van der Waals surface area (Å²) in [6.45, 7) is 0.517. The van der Waals surface area contributed by atoms with E-state index in [0.29, 0.717) is 5.56 Å². The third kappa shape index (κ3) is 8.80. The molecule has 12 nitrogen and oxygen atoms in total. The molecule has 4 unspecified atom stereocenters. The van der Waals surface area contributed by atoms with Gasteiger partial charge in [-0.05, 0) is 12.5 Å². The lowest BCUT2D eigenvalue weighted by molar-refractivity contribution is -0.143. The van der Waals surface area contributed by atoms with Crippen LogP contribution in [0.1, 0.15) is 18.9 Å². The van der Waals surface area contributed by atoms with E-state index in [1.54, 1.807) is 30.3 Å². The Morgan fingerprint density at radius 3 is 1.90 bits per heavy atom. The van der Waals surface area contributed by atoms with E-state index in [0.717, 1.165) is 0 Å². The molecule has 0 saturated carbocycles. The molecular formula is C19H27N5O7. The summed E-state index contributed by atoms with van der Waals surface area (Å²) in [5.74, 6) is -4.82. The van der Waals surface area contributed by atoms with Crippen LogP contribution in [0.3, 0.4) is 0 Å². The van der Waals surface area contributed by atoms with Crippen LogP contribution in [-0.4, -0.2) is 70.6 Å². The number of benzene rings is 1. The number of carboxylic acids is 1. The Kier molecular flexibility index (Phi) is 10.1. The highest BCUT2D eigenvalue weighted by Crippen LogP contribution is 2.05. The first-order valence-corrected chi connectivity index (χ1v) is 9.37. The minimum atomic E-state index is -1.58. The van der Waals surface area contributed by atoms with Gasteiger partial charge in [0.15, 0.2) is 0 Å². The number of carbonyl (C=O) groups is 5. The lowest BCUT2D eigenvalue weighted by Gasteiger charge is -2.24. The van der Waals surface area contributed by atoms with Gasteiger partial charge in [-0.1, -0.05) is 30.3 Å². The lowest BCUT2D eigenvalue weighted by Crippen LogP contribution is -2.58. The van der Waals surface area contributed by atoms with Crippen molar-refractivity contribution < 1.29 is 34.2 Å². The first-order valence-electron chi connectivity index (χ1n) is 9.37. The number of primary amides is 1. The average Bonchev–Trinajstić information content (AvgIpc) is 2.70. The second kappa shape index (κ2) is 12.2. The molecule has 0 fully saturated rings. The van der Waals surface area contributed by atoms with Gasteiger partial charge in [0.25, 0.3) is 0 Å². The molecular weight excluding hydrogens is 410 g/mol. The van der Waals surface area contributed by atoms with E-state index in [-0.39, 0.29) is 6.42 Å². The number of hydrogen-bond acceptors (Lipinski definition) is 7. The summed E-state index contributed by atoms with van der Waals surface area (Å²) >= 11 is 0. The van der Waals surface area contributed by atoms with Crippen molar-refractivity contribution in [2.45, 2.75) is 43.9 Å². The molecule has 0 bridgehead atoms.